The van der Waals surface area contributed by atoms with Crippen molar-refractivity contribution in [2.75, 3.05) is 0 Å². The monoisotopic (exact) mass is 258 g/mol. The summed E-state index contributed by atoms with van der Waals surface area (Å²) in [5, 5.41) is 6.59. The maximum atomic E-state index is 12.3. The summed E-state index contributed by atoms with van der Waals surface area (Å²) in [6, 6.07) is 9.17. The first kappa shape index (κ1) is 12.7. The summed E-state index contributed by atoms with van der Waals surface area (Å²) in [6.07, 6.45) is 5.42. The summed E-state index contributed by atoms with van der Waals surface area (Å²) in [4.78, 5) is 12.3. The maximum absolute atomic E-state index is 12.3. The van der Waals surface area contributed by atoms with E-state index in [1.165, 1.54) is 11.1 Å². The second-order valence-electron chi connectivity index (χ2n) is 5.85. The predicted molar refractivity (Wildman–Crippen MR) is 75.9 cm³/mol. The molecule has 1 aromatic carbocycles. The van der Waals surface area contributed by atoms with Crippen LogP contribution in [0.25, 0.3) is 0 Å². The first-order chi connectivity index (χ1) is 9.24. The third-order valence-corrected chi connectivity index (χ3v) is 4.38. The fourth-order valence-electron chi connectivity index (χ4n) is 3.31. The quantitative estimate of drug-likeness (QED) is 0.854. The molecule has 2 aliphatic rings. The lowest BCUT2D eigenvalue weighted by Crippen LogP contribution is -2.44. The molecule has 0 radical (unpaired) electrons. The Morgan fingerprint density at radius 1 is 1.26 bits per heavy atom. The zero-order valence-corrected chi connectivity index (χ0v) is 11.5. The van der Waals surface area contributed by atoms with E-state index in [4.69, 9.17) is 0 Å². The second-order valence-corrected chi connectivity index (χ2v) is 5.85. The highest BCUT2D eigenvalue weighted by molar-refractivity contribution is 5.82. The highest BCUT2D eigenvalue weighted by Crippen LogP contribution is 2.29. The van der Waals surface area contributed by atoms with Gasteiger partial charge in [-0.15, -0.1) is 0 Å². The normalized spacial score (nSPS) is 29.8. The van der Waals surface area contributed by atoms with Crippen molar-refractivity contribution in [1.29, 1.82) is 0 Å². The Hall–Kier alpha value is -1.35. The van der Waals surface area contributed by atoms with Crippen molar-refractivity contribution >= 4 is 5.91 Å². The Morgan fingerprint density at radius 2 is 2.11 bits per heavy atom. The first-order valence-corrected chi connectivity index (χ1v) is 7.38. The zero-order chi connectivity index (χ0) is 13.2. The molecule has 0 bridgehead atoms. The number of nitrogens with one attached hydrogen (secondary N) is 2. The van der Waals surface area contributed by atoms with Crippen molar-refractivity contribution in [2.45, 2.75) is 57.2 Å². The Morgan fingerprint density at radius 3 is 2.89 bits per heavy atom. The topological polar surface area (TPSA) is 41.1 Å². The molecule has 102 valence electrons. The van der Waals surface area contributed by atoms with Crippen LogP contribution in [-0.4, -0.2) is 18.0 Å². The Kier molecular flexibility index (Phi) is 3.56. The molecule has 1 heterocycles. The summed E-state index contributed by atoms with van der Waals surface area (Å²) in [6.45, 7) is 2.14. The lowest BCUT2D eigenvalue weighted by molar-refractivity contribution is -0.123. The van der Waals surface area contributed by atoms with E-state index in [1.807, 2.05) is 0 Å². The average Bonchev–Trinajstić information content (AvgIpc) is 2.86. The van der Waals surface area contributed by atoms with Gasteiger partial charge in [-0.1, -0.05) is 24.3 Å². The number of fused-ring (bicyclic) bond motifs is 1. The number of amides is 1. The van der Waals surface area contributed by atoms with E-state index < -0.39 is 0 Å². The van der Waals surface area contributed by atoms with Crippen LogP contribution in [0.4, 0.5) is 0 Å². The van der Waals surface area contributed by atoms with Crippen molar-refractivity contribution in [1.82, 2.24) is 10.6 Å². The molecule has 1 fully saturated rings. The third kappa shape index (κ3) is 2.66. The number of aryl methyl sites for hydroxylation is 1. The molecule has 3 rings (SSSR count). The minimum absolute atomic E-state index is 0.00379. The molecule has 1 amide bonds. The number of carbonyl (C=O) groups is 1. The predicted octanol–water partition coefficient (Wildman–Crippen LogP) is 2.32. The average molecular weight is 258 g/mol. The van der Waals surface area contributed by atoms with Gasteiger partial charge in [-0.05, 0) is 50.2 Å². The van der Waals surface area contributed by atoms with Gasteiger partial charge in [0.15, 0.2) is 0 Å². The third-order valence-electron chi connectivity index (χ3n) is 4.38. The Bertz CT molecular complexity index is 472. The van der Waals surface area contributed by atoms with Crippen molar-refractivity contribution in [2.24, 2.45) is 0 Å². The molecule has 2 N–H and O–H groups in total. The van der Waals surface area contributed by atoms with Crippen molar-refractivity contribution in [3.63, 3.8) is 0 Å². The van der Waals surface area contributed by atoms with Crippen LogP contribution >= 0.6 is 0 Å². The largest absolute Gasteiger partial charge is 0.348 e. The Labute approximate surface area is 114 Å². The molecular formula is C16H22N2O. The van der Waals surface area contributed by atoms with Crippen LogP contribution in [0.3, 0.4) is 0 Å². The highest BCUT2D eigenvalue weighted by atomic mass is 16.2. The molecule has 2 unspecified atom stereocenters. The zero-order valence-electron chi connectivity index (χ0n) is 11.5. The molecule has 0 aromatic heterocycles. The highest BCUT2D eigenvalue weighted by Gasteiger charge is 2.29. The van der Waals surface area contributed by atoms with Gasteiger partial charge >= 0.3 is 0 Å². The van der Waals surface area contributed by atoms with Gasteiger partial charge in [0.1, 0.15) is 0 Å². The molecule has 19 heavy (non-hydrogen) atoms. The van der Waals surface area contributed by atoms with Crippen molar-refractivity contribution < 1.29 is 4.79 Å². The van der Waals surface area contributed by atoms with Crippen LogP contribution < -0.4 is 10.6 Å². The van der Waals surface area contributed by atoms with Crippen molar-refractivity contribution in [3.05, 3.63) is 35.4 Å². The number of carbonyl (C=O) groups excluding carboxylic acids is 1. The van der Waals surface area contributed by atoms with Gasteiger partial charge in [0, 0.05) is 6.04 Å². The van der Waals surface area contributed by atoms with E-state index in [0.29, 0.717) is 6.04 Å². The van der Waals surface area contributed by atoms with Crippen LogP contribution in [0.2, 0.25) is 0 Å². The van der Waals surface area contributed by atoms with Gasteiger partial charge < -0.3 is 10.6 Å². The molecular weight excluding hydrogens is 236 g/mol. The number of hydrogen-bond acceptors (Lipinski definition) is 2. The van der Waals surface area contributed by atoms with Gasteiger partial charge in [-0.2, -0.15) is 0 Å². The van der Waals surface area contributed by atoms with Gasteiger partial charge in [0.2, 0.25) is 5.91 Å². The summed E-state index contributed by atoms with van der Waals surface area (Å²) < 4.78 is 0. The summed E-state index contributed by atoms with van der Waals surface area (Å²) in [5.74, 6) is 0.172. The van der Waals surface area contributed by atoms with Gasteiger partial charge in [0.25, 0.3) is 0 Å². The summed E-state index contributed by atoms with van der Waals surface area (Å²) in [5.41, 5.74) is 2.71. The van der Waals surface area contributed by atoms with Crippen LogP contribution in [0.15, 0.2) is 24.3 Å². The number of benzene rings is 1. The van der Waals surface area contributed by atoms with Crippen LogP contribution in [0.1, 0.15) is 49.8 Å². The lowest BCUT2D eigenvalue weighted by Gasteiger charge is -2.27. The fraction of sp³-hybridized carbons (Fsp3) is 0.562. The summed E-state index contributed by atoms with van der Waals surface area (Å²) in [7, 11) is 0. The Balaban J connectivity index is 1.69. The van der Waals surface area contributed by atoms with E-state index in [2.05, 4.69) is 41.8 Å². The standard InChI is InChI=1S/C16H22N2O/c1-11-9-10-15(17-11)16(19)18-14-8-4-6-12-5-2-3-7-13(12)14/h2-3,5,7,11,14-15,17H,4,6,8-10H2,1H3,(H,18,19)/t11?,14-,15?/m1/s1. The minimum atomic E-state index is 0.00379. The van der Waals surface area contributed by atoms with E-state index >= 15 is 0 Å². The molecule has 3 heteroatoms. The molecule has 1 aliphatic heterocycles. The van der Waals surface area contributed by atoms with Gasteiger partial charge in [-0.25, -0.2) is 0 Å². The van der Waals surface area contributed by atoms with E-state index in [-0.39, 0.29) is 18.0 Å². The first-order valence-electron chi connectivity index (χ1n) is 7.38. The number of hydrogen-bond donors (Lipinski definition) is 2. The van der Waals surface area contributed by atoms with Gasteiger partial charge in [0.05, 0.1) is 12.1 Å². The molecule has 3 atom stereocenters. The molecule has 0 spiro atoms. The molecule has 0 saturated carbocycles. The van der Waals surface area contributed by atoms with Crippen LogP contribution in [0.5, 0.6) is 0 Å². The minimum Gasteiger partial charge on any atom is -0.348 e. The molecule has 1 aromatic rings. The van der Waals surface area contributed by atoms with Gasteiger partial charge in [-0.3, -0.25) is 4.79 Å². The van der Waals surface area contributed by atoms with E-state index in [0.717, 1.165) is 32.1 Å². The SMILES string of the molecule is CC1CCC(C(=O)N[C@@H]2CCCc3ccccc32)N1. The van der Waals surface area contributed by atoms with Crippen molar-refractivity contribution in [3.8, 4) is 0 Å². The smallest absolute Gasteiger partial charge is 0.237 e. The lowest BCUT2D eigenvalue weighted by atomic mass is 9.87. The number of rotatable bonds is 2. The molecule has 3 nitrogen and oxygen atoms in total. The van der Waals surface area contributed by atoms with Crippen LogP contribution in [0, 0.1) is 0 Å². The molecule has 1 saturated heterocycles. The van der Waals surface area contributed by atoms with Crippen LogP contribution in [-0.2, 0) is 11.2 Å². The maximum Gasteiger partial charge on any atom is 0.237 e. The second kappa shape index (κ2) is 5.33. The fourth-order valence-corrected chi connectivity index (χ4v) is 3.31. The molecule has 1 aliphatic carbocycles. The van der Waals surface area contributed by atoms with E-state index in [1.54, 1.807) is 0 Å². The van der Waals surface area contributed by atoms with E-state index in [9.17, 15) is 4.79 Å². The summed E-state index contributed by atoms with van der Waals surface area (Å²) >= 11 is 0.